The van der Waals surface area contributed by atoms with E-state index in [9.17, 15) is 4.79 Å². The molecule has 1 unspecified atom stereocenters. The topological polar surface area (TPSA) is 32.3 Å². The number of anilines is 1. The van der Waals surface area contributed by atoms with Crippen molar-refractivity contribution in [3.05, 3.63) is 17.0 Å². The summed E-state index contributed by atoms with van der Waals surface area (Å²) in [4.78, 5) is 14.8. The number of hydrogen-bond donors (Lipinski definition) is 1. The summed E-state index contributed by atoms with van der Waals surface area (Å²) in [5.41, 5.74) is 0. The van der Waals surface area contributed by atoms with Crippen molar-refractivity contribution in [1.82, 2.24) is 4.90 Å². The van der Waals surface area contributed by atoms with Gasteiger partial charge in [-0.1, -0.05) is 6.92 Å². The third-order valence-electron chi connectivity index (χ3n) is 2.77. The van der Waals surface area contributed by atoms with E-state index in [4.69, 9.17) is 0 Å². The highest BCUT2D eigenvalue weighted by atomic mass is 32.1. The van der Waals surface area contributed by atoms with Gasteiger partial charge in [-0.2, -0.15) is 0 Å². The van der Waals surface area contributed by atoms with Gasteiger partial charge in [0.05, 0.1) is 9.88 Å². The lowest BCUT2D eigenvalue weighted by atomic mass is 10.2. The first-order chi connectivity index (χ1) is 7.20. The molecule has 1 aliphatic rings. The van der Waals surface area contributed by atoms with Gasteiger partial charge in [0.15, 0.2) is 0 Å². The number of amides is 1. The lowest BCUT2D eigenvalue weighted by molar-refractivity contribution is 0.0793. The average molecular weight is 224 g/mol. The minimum absolute atomic E-state index is 0.186. The van der Waals surface area contributed by atoms with E-state index in [2.05, 4.69) is 12.2 Å². The van der Waals surface area contributed by atoms with Gasteiger partial charge >= 0.3 is 0 Å². The first kappa shape index (κ1) is 10.5. The minimum Gasteiger partial charge on any atom is -0.380 e. The van der Waals surface area contributed by atoms with Crippen LogP contribution in [-0.2, 0) is 0 Å². The van der Waals surface area contributed by atoms with Gasteiger partial charge in [0.25, 0.3) is 5.91 Å². The smallest absolute Gasteiger partial charge is 0.264 e. The predicted molar refractivity (Wildman–Crippen MR) is 63.6 cm³/mol. The molecule has 0 bridgehead atoms. The number of likely N-dealkylation sites (tertiary alicyclic amines) is 1. The molecule has 0 radical (unpaired) electrons. The highest BCUT2D eigenvalue weighted by Gasteiger charge is 2.24. The van der Waals surface area contributed by atoms with E-state index < -0.39 is 0 Å². The molecule has 0 spiro atoms. The fourth-order valence-corrected chi connectivity index (χ4v) is 2.69. The highest BCUT2D eigenvalue weighted by Crippen LogP contribution is 2.25. The van der Waals surface area contributed by atoms with E-state index in [1.807, 2.05) is 24.1 Å². The molecule has 15 heavy (non-hydrogen) atoms. The Labute approximate surface area is 94.1 Å². The van der Waals surface area contributed by atoms with E-state index >= 15 is 0 Å². The molecule has 1 atom stereocenters. The number of rotatable bonds is 2. The van der Waals surface area contributed by atoms with Crippen molar-refractivity contribution in [3.63, 3.8) is 0 Å². The molecule has 4 heteroatoms. The molecule has 1 N–H and O–H groups in total. The molecule has 2 heterocycles. The summed E-state index contributed by atoms with van der Waals surface area (Å²) in [6.45, 7) is 4.01. The molecular formula is C11H16N2OS. The lowest BCUT2D eigenvalue weighted by Crippen LogP contribution is -2.27. The van der Waals surface area contributed by atoms with Gasteiger partial charge in [-0.05, 0) is 24.5 Å². The summed E-state index contributed by atoms with van der Waals surface area (Å²) in [6.07, 6.45) is 1.13. The second kappa shape index (κ2) is 4.23. The predicted octanol–water partition coefficient (Wildman–Crippen LogP) is 2.27. The molecule has 82 valence electrons. The zero-order valence-corrected chi connectivity index (χ0v) is 9.93. The first-order valence-electron chi connectivity index (χ1n) is 5.27. The fourth-order valence-electron chi connectivity index (χ4n) is 1.86. The molecule has 1 amide bonds. The van der Waals surface area contributed by atoms with Crippen molar-refractivity contribution < 1.29 is 4.79 Å². The number of hydrogen-bond acceptors (Lipinski definition) is 3. The third kappa shape index (κ3) is 2.15. The summed E-state index contributed by atoms with van der Waals surface area (Å²) in [7, 11) is 1.87. The molecule has 0 aliphatic carbocycles. The Morgan fingerprint density at radius 3 is 2.93 bits per heavy atom. The van der Waals surface area contributed by atoms with Crippen LogP contribution in [-0.4, -0.2) is 30.9 Å². The molecule has 0 aromatic carbocycles. The van der Waals surface area contributed by atoms with Crippen molar-refractivity contribution in [2.45, 2.75) is 13.3 Å². The average Bonchev–Trinajstić information content (AvgIpc) is 2.84. The van der Waals surface area contributed by atoms with Crippen molar-refractivity contribution in [1.29, 1.82) is 0 Å². The molecule has 0 saturated carbocycles. The SMILES string of the molecule is CNc1ccc(C(=O)N2CCC(C)C2)s1. The largest absolute Gasteiger partial charge is 0.380 e. The van der Waals surface area contributed by atoms with Crippen LogP contribution in [0, 0.1) is 5.92 Å². The number of carbonyl (C=O) groups is 1. The standard InChI is InChI=1S/C11H16N2OS/c1-8-5-6-13(7-8)11(14)9-3-4-10(12-2)15-9/h3-4,8,12H,5-7H2,1-2H3. The fraction of sp³-hybridized carbons (Fsp3) is 0.545. The monoisotopic (exact) mass is 224 g/mol. The van der Waals surface area contributed by atoms with Gasteiger partial charge in [0, 0.05) is 20.1 Å². The van der Waals surface area contributed by atoms with E-state index in [-0.39, 0.29) is 5.91 Å². The van der Waals surface area contributed by atoms with Crippen LogP contribution in [0.3, 0.4) is 0 Å². The number of nitrogens with zero attached hydrogens (tertiary/aromatic N) is 1. The number of nitrogens with one attached hydrogen (secondary N) is 1. The van der Waals surface area contributed by atoms with Crippen molar-refractivity contribution in [3.8, 4) is 0 Å². The number of thiophene rings is 1. The molecule has 1 aromatic rings. The summed E-state index contributed by atoms with van der Waals surface area (Å²) in [6, 6.07) is 3.86. The molecule has 1 aromatic heterocycles. The third-order valence-corrected chi connectivity index (χ3v) is 3.87. The molecular weight excluding hydrogens is 208 g/mol. The summed E-state index contributed by atoms with van der Waals surface area (Å²) < 4.78 is 0. The summed E-state index contributed by atoms with van der Waals surface area (Å²) in [5.74, 6) is 0.837. The molecule has 3 nitrogen and oxygen atoms in total. The van der Waals surface area contributed by atoms with Gasteiger partial charge in [-0.15, -0.1) is 11.3 Å². The zero-order valence-electron chi connectivity index (χ0n) is 9.12. The molecule has 1 fully saturated rings. The number of carbonyl (C=O) groups excluding carboxylic acids is 1. The lowest BCUT2D eigenvalue weighted by Gasteiger charge is -2.14. The van der Waals surface area contributed by atoms with Crippen LogP contribution in [0.2, 0.25) is 0 Å². The van der Waals surface area contributed by atoms with E-state index in [0.29, 0.717) is 5.92 Å². The van der Waals surface area contributed by atoms with Crippen LogP contribution < -0.4 is 5.32 Å². The van der Waals surface area contributed by atoms with Crippen LogP contribution >= 0.6 is 11.3 Å². The Morgan fingerprint density at radius 2 is 2.40 bits per heavy atom. The Bertz CT molecular complexity index is 361. The Morgan fingerprint density at radius 1 is 1.60 bits per heavy atom. The van der Waals surface area contributed by atoms with Crippen molar-refractivity contribution >= 4 is 22.2 Å². The molecule has 1 saturated heterocycles. The Hall–Kier alpha value is -1.03. The highest BCUT2D eigenvalue weighted by molar-refractivity contribution is 7.17. The van der Waals surface area contributed by atoms with Gasteiger partial charge in [0.2, 0.25) is 0 Å². The van der Waals surface area contributed by atoms with E-state index in [1.165, 1.54) is 11.3 Å². The van der Waals surface area contributed by atoms with Gasteiger partial charge in [-0.3, -0.25) is 4.79 Å². The Balaban J connectivity index is 2.07. The second-order valence-corrected chi connectivity index (χ2v) is 5.14. The van der Waals surface area contributed by atoms with Crippen molar-refractivity contribution in [2.75, 3.05) is 25.5 Å². The van der Waals surface area contributed by atoms with E-state index in [1.54, 1.807) is 0 Å². The second-order valence-electron chi connectivity index (χ2n) is 4.06. The van der Waals surface area contributed by atoms with Crippen LogP contribution in [0.5, 0.6) is 0 Å². The maximum Gasteiger partial charge on any atom is 0.264 e. The quantitative estimate of drug-likeness (QED) is 0.835. The maximum atomic E-state index is 12.0. The Kier molecular flexibility index (Phi) is 2.95. The summed E-state index contributed by atoms with van der Waals surface area (Å²) >= 11 is 1.53. The van der Waals surface area contributed by atoms with Gasteiger partial charge in [0.1, 0.15) is 0 Å². The minimum atomic E-state index is 0.186. The molecule has 1 aliphatic heterocycles. The van der Waals surface area contributed by atoms with Gasteiger partial charge < -0.3 is 10.2 Å². The van der Waals surface area contributed by atoms with Crippen LogP contribution in [0.25, 0.3) is 0 Å². The summed E-state index contributed by atoms with van der Waals surface area (Å²) in [5, 5.41) is 4.10. The van der Waals surface area contributed by atoms with Crippen LogP contribution in [0.4, 0.5) is 5.00 Å². The van der Waals surface area contributed by atoms with Crippen molar-refractivity contribution in [2.24, 2.45) is 5.92 Å². The van der Waals surface area contributed by atoms with Crippen LogP contribution in [0.1, 0.15) is 23.0 Å². The van der Waals surface area contributed by atoms with Gasteiger partial charge in [-0.25, -0.2) is 0 Å². The van der Waals surface area contributed by atoms with E-state index in [0.717, 1.165) is 29.4 Å². The normalized spacial score (nSPS) is 20.7. The van der Waals surface area contributed by atoms with Crippen LogP contribution in [0.15, 0.2) is 12.1 Å². The first-order valence-corrected chi connectivity index (χ1v) is 6.09. The maximum absolute atomic E-state index is 12.0. The molecule has 2 rings (SSSR count). The zero-order chi connectivity index (χ0) is 10.8.